The van der Waals surface area contributed by atoms with E-state index in [9.17, 15) is 14.4 Å². The third-order valence-corrected chi connectivity index (χ3v) is 5.52. The first-order valence-corrected chi connectivity index (χ1v) is 10.1. The molecule has 2 saturated heterocycles. The summed E-state index contributed by atoms with van der Waals surface area (Å²) < 4.78 is 0. The summed E-state index contributed by atoms with van der Waals surface area (Å²) in [6.07, 6.45) is 1.24. The highest BCUT2D eigenvalue weighted by molar-refractivity contribution is 6.15. The van der Waals surface area contributed by atoms with Crippen LogP contribution in [-0.2, 0) is 19.2 Å². The van der Waals surface area contributed by atoms with Gasteiger partial charge in [-0.3, -0.25) is 19.2 Å². The SMILES string of the molecule is CCC[C@H]1ON(c2ccccc2)[C@@H](c2ccccc2)[C@H]1C(=O)N1C(=O)CCC1=O. The minimum atomic E-state index is -0.649. The maximum atomic E-state index is 13.5. The zero-order valence-corrected chi connectivity index (χ0v) is 16.4. The number of likely N-dealkylation sites (tertiary alicyclic amines) is 1. The van der Waals surface area contributed by atoms with Crippen LogP contribution in [0.1, 0.15) is 44.2 Å². The molecule has 3 amide bonds. The molecule has 4 rings (SSSR count). The van der Waals surface area contributed by atoms with Crippen LogP contribution in [0, 0.1) is 5.92 Å². The van der Waals surface area contributed by atoms with Crippen molar-refractivity contribution in [1.82, 2.24) is 4.90 Å². The zero-order chi connectivity index (χ0) is 20.4. The summed E-state index contributed by atoms with van der Waals surface area (Å²) in [5.74, 6) is -1.94. The van der Waals surface area contributed by atoms with Gasteiger partial charge in [0.15, 0.2) is 0 Å². The van der Waals surface area contributed by atoms with Gasteiger partial charge in [-0.05, 0) is 24.1 Å². The molecule has 150 valence electrons. The first-order chi connectivity index (χ1) is 14.1. The summed E-state index contributed by atoms with van der Waals surface area (Å²) in [5.41, 5.74) is 1.74. The standard InChI is InChI=1S/C23H24N2O4/c1-2-9-18-21(23(28)24-19(26)14-15-20(24)27)22(16-10-5-3-6-11-16)25(29-18)17-12-7-4-8-13-17/h3-8,10-13,18,21-22H,2,9,14-15H2,1H3/t18-,21+,22+/m1/s1. The van der Waals surface area contributed by atoms with Crippen molar-refractivity contribution < 1.29 is 19.2 Å². The van der Waals surface area contributed by atoms with Gasteiger partial charge in [0, 0.05) is 12.8 Å². The number of anilines is 1. The van der Waals surface area contributed by atoms with Crippen LogP contribution in [0.5, 0.6) is 0 Å². The second-order valence-electron chi connectivity index (χ2n) is 7.44. The highest BCUT2D eigenvalue weighted by Crippen LogP contribution is 2.44. The molecule has 2 aromatic carbocycles. The number of nitrogens with zero attached hydrogens (tertiary/aromatic N) is 2. The zero-order valence-electron chi connectivity index (χ0n) is 16.4. The van der Waals surface area contributed by atoms with Crippen molar-refractivity contribution in [2.75, 3.05) is 5.06 Å². The highest BCUT2D eigenvalue weighted by atomic mass is 16.7. The molecular weight excluding hydrogens is 368 g/mol. The van der Waals surface area contributed by atoms with Crippen LogP contribution in [0.25, 0.3) is 0 Å². The Balaban J connectivity index is 1.79. The van der Waals surface area contributed by atoms with Crippen molar-refractivity contribution in [3.63, 3.8) is 0 Å². The van der Waals surface area contributed by atoms with E-state index in [-0.39, 0.29) is 12.8 Å². The Morgan fingerprint density at radius 2 is 1.55 bits per heavy atom. The molecule has 2 aliphatic rings. The summed E-state index contributed by atoms with van der Waals surface area (Å²) >= 11 is 0. The number of hydrogen-bond acceptors (Lipinski definition) is 5. The molecule has 2 aliphatic heterocycles. The minimum absolute atomic E-state index is 0.0923. The van der Waals surface area contributed by atoms with E-state index in [1.807, 2.05) is 67.6 Å². The quantitative estimate of drug-likeness (QED) is 0.727. The number of para-hydroxylation sites is 1. The number of imide groups is 3. The van der Waals surface area contributed by atoms with E-state index < -0.39 is 35.8 Å². The van der Waals surface area contributed by atoms with Gasteiger partial charge in [-0.15, -0.1) is 0 Å². The van der Waals surface area contributed by atoms with Crippen LogP contribution in [0.15, 0.2) is 60.7 Å². The smallest absolute Gasteiger partial charge is 0.244 e. The molecule has 2 aromatic rings. The fourth-order valence-electron chi connectivity index (χ4n) is 4.20. The Kier molecular flexibility index (Phi) is 5.45. The van der Waals surface area contributed by atoms with Crippen LogP contribution in [0.3, 0.4) is 0 Å². The molecule has 0 unspecified atom stereocenters. The normalized spacial score (nSPS) is 24.4. The fraction of sp³-hybridized carbons (Fsp3) is 0.348. The molecule has 6 nitrogen and oxygen atoms in total. The first-order valence-electron chi connectivity index (χ1n) is 10.1. The summed E-state index contributed by atoms with van der Waals surface area (Å²) in [6, 6.07) is 18.8. The van der Waals surface area contributed by atoms with Crippen LogP contribution in [0.2, 0.25) is 0 Å². The van der Waals surface area contributed by atoms with E-state index >= 15 is 0 Å². The number of hydrogen-bond donors (Lipinski definition) is 0. The van der Waals surface area contributed by atoms with Gasteiger partial charge in [0.25, 0.3) is 0 Å². The number of amides is 3. The molecule has 0 bridgehead atoms. The maximum absolute atomic E-state index is 13.5. The lowest BCUT2D eigenvalue weighted by molar-refractivity contribution is -0.152. The molecule has 2 fully saturated rings. The Labute approximate surface area is 170 Å². The lowest BCUT2D eigenvalue weighted by Gasteiger charge is -2.28. The minimum Gasteiger partial charge on any atom is -0.274 e. The largest absolute Gasteiger partial charge is 0.274 e. The Morgan fingerprint density at radius 1 is 0.966 bits per heavy atom. The molecule has 0 N–H and O–H groups in total. The molecule has 0 aromatic heterocycles. The van der Waals surface area contributed by atoms with Crippen molar-refractivity contribution in [1.29, 1.82) is 0 Å². The number of rotatable bonds is 5. The van der Waals surface area contributed by atoms with E-state index in [2.05, 4.69) is 0 Å². The molecule has 3 atom stereocenters. The van der Waals surface area contributed by atoms with Gasteiger partial charge >= 0.3 is 0 Å². The van der Waals surface area contributed by atoms with Crippen LogP contribution in [0.4, 0.5) is 5.69 Å². The average Bonchev–Trinajstić information content (AvgIpc) is 3.29. The molecule has 2 heterocycles. The van der Waals surface area contributed by atoms with E-state index in [0.717, 1.165) is 22.6 Å². The van der Waals surface area contributed by atoms with Gasteiger partial charge in [-0.25, -0.2) is 9.96 Å². The lowest BCUT2D eigenvalue weighted by atomic mass is 9.86. The van der Waals surface area contributed by atoms with Crippen molar-refractivity contribution in [2.45, 2.75) is 44.8 Å². The third kappa shape index (κ3) is 3.56. The Morgan fingerprint density at radius 3 is 2.14 bits per heavy atom. The van der Waals surface area contributed by atoms with Crippen LogP contribution >= 0.6 is 0 Å². The summed E-state index contributed by atoms with van der Waals surface area (Å²) in [7, 11) is 0. The molecule has 29 heavy (non-hydrogen) atoms. The van der Waals surface area contributed by atoms with Gasteiger partial charge in [0.2, 0.25) is 17.7 Å². The topological polar surface area (TPSA) is 66.9 Å². The van der Waals surface area contributed by atoms with E-state index in [1.165, 1.54) is 0 Å². The Bertz CT molecular complexity index is 884. The van der Waals surface area contributed by atoms with Crippen LogP contribution in [-0.4, -0.2) is 28.7 Å². The van der Waals surface area contributed by atoms with Crippen molar-refractivity contribution in [3.8, 4) is 0 Å². The molecular formula is C23H24N2O4. The first kappa shape index (κ1) is 19.3. The van der Waals surface area contributed by atoms with Crippen molar-refractivity contribution in [2.24, 2.45) is 5.92 Å². The van der Waals surface area contributed by atoms with E-state index in [1.54, 1.807) is 5.06 Å². The summed E-state index contributed by atoms with van der Waals surface area (Å²) in [6.45, 7) is 2.03. The second kappa shape index (κ2) is 8.17. The third-order valence-electron chi connectivity index (χ3n) is 5.52. The van der Waals surface area contributed by atoms with Gasteiger partial charge in [0.05, 0.1) is 23.8 Å². The van der Waals surface area contributed by atoms with Gasteiger partial charge in [-0.1, -0.05) is 61.9 Å². The van der Waals surface area contributed by atoms with Gasteiger partial charge < -0.3 is 0 Å². The van der Waals surface area contributed by atoms with E-state index in [0.29, 0.717) is 6.42 Å². The number of carbonyl (C=O) groups excluding carboxylic acids is 3. The van der Waals surface area contributed by atoms with Crippen molar-refractivity contribution in [3.05, 3.63) is 66.2 Å². The van der Waals surface area contributed by atoms with E-state index in [4.69, 9.17) is 4.84 Å². The number of hydroxylamine groups is 1. The highest BCUT2D eigenvalue weighted by Gasteiger charge is 2.52. The second-order valence-corrected chi connectivity index (χ2v) is 7.44. The molecule has 0 aliphatic carbocycles. The Hall–Kier alpha value is -2.99. The average molecular weight is 392 g/mol. The predicted octanol–water partition coefficient (Wildman–Crippen LogP) is 3.64. The van der Waals surface area contributed by atoms with Crippen molar-refractivity contribution >= 4 is 23.4 Å². The summed E-state index contributed by atoms with van der Waals surface area (Å²) in [5, 5.41) is 1.77. The van der Waals surface area contributed by atoms with Gasteiger partial charge in [0.1, 0.15) is 0 Å². The van der Waals surface area contributed by atoms with Gasteiger partial charge in [-0.2, -0.15) is 0 Å². The molecule has 0 saturated carbocycles. The number of benzene rings is 2. The fourth-order valence-corrected chi connectivity index (χ4v) is 4.20. The maximum Gasteiger partial charge on any atom is 0.244 e. The molecule has 0 spiro atoms. The lowest BCUT2D eigenvalue weighted by Crippen LogP contribution is -2.44. The predicted molar refractivity (Wildman–Crippen MR) is 107 cm³/mol. The van der Waals surface area contributed by atoms with Crippen LogP contribution < -0.4 is 5.06 Å². The number of carbonyl (C=O) groups is 3. The molecule has 6 heteroatoms. The summed E-state index contributed by atoms with van der Waals surface area (Å²) in [4.78, 5) is 45.2. The monoisotopic (exact) mass is 392 g/mol. The molecule has 0 radical (unpaired) electrons.